The van der Waals surface area contributed by atoms with Crippen molar-refractivity contribution in [3.05, 3.63) is 39.3 Å². The molecule has 104 valence electrons. The number of anilines is 1. The molecule has 20 heavy (non-hydrogen) atoms. The Labute approximate surface area is 129 Å². The minimum absolute atomic E-state index is 0.0226. The third kappa shape index (κ3) is 2.50. The average molecular weight is 352 g/mol. The van der Waals surface area contributed by atoms with Gasteiger partial charge < -0.3 is 0 Å². The Kier molecular flexibility index (Phi) is 3.60. The van der Waals surface area contributed by atoms with Crippen molar-refractivity contribution >= 4 is 38.3 Å². The third-order valence-corrected chi connectivity index (χ3v) is 5.03. The van der Waals surface area contributed by atoms with Crippen LogP contribution in [0.2, 0.25) is 0 Å². The Morgan fingerprint density at radius 3 is 2.85 bits per heavy atom. The fraction of sp³-hybridized carbons (Fsp3) is 0.357. The molecular weight excluding hydrogens is 338 g/mol. The molecule has 0 unspecified atom stereocenters. The summed E-state index contributed by atoms with van der Waals surface area (Å²) in [4.78, 5) is 12.5. The number of carbonyl (C=O) groups excluding carboxylic acids is 1. The molecule has 1 amide bonds. The van der Waals surface area contributed by atoms with Gasteiger partial charge in [0.25, 0.3) is 0 Å². The number of amides is 1. The summed E-state index contributed by atoms with van der Waals surface area (Å²) in [5.74, 6) is 0.0226. The van der Waals surface area contributed by atoms with Crippen molar-refractivity contribution in [3.8, 4) is 0 Å². The molecule has 6 heteroatoms. The van der Waals surface area contributed by atoms with Crippen LogP contribution in [0.4, 0.5) is 5.13 Å². The van der Waals surface area contributed by atoms with Gasteiger partial charge in [0.1, 0.15) is 5.01 Å². The minimum Gasteiger partial charge on any atom is -0.300 e. The molecule has 0 spiro atoms. The summed E-state index contributed by atoms with van der Waals surface area (Å²) >= 11 is 4.90. The van der Waals surface area contributed by atoms with E-state index in [-0.39, 0.29) is 11.3 Å². The summed E-state index contributed by atoms with van der Waals surface area (Å²) in [6.07, 6.45) is 2.60. The highest BCUT2D eigenvalue weighted by atomic mass is 79.9. The lowest BCUT2D eigenvalue weighted by Crippen LogP contribution is -2.27. The lowest BCUT2D eigenvalue weighted by atomic mass is 9.95. The molecule has 1 N–H and O–H groups in total. The number of carbonyl (C=O) groups is 1. The number of hydrogen-bond donors (Lipinski definition) is 1. The van der Waals surface area contributed by atoms with Gasteiger partial charge in [0.15, 0.2) is 0 Å². The third-order valence-electron chi connectivity index (χ3n) is 3.55. The van der Waals surface area contributed by atoms with E-state index >= 15 is 0 Å². The Morgan fingerprint density at radius 1 is 1.45 bits per heavy atom. The second-order valence-electron chi connectivity index (χ2n) is 4.90. The van der Waals surface area contributed by atoms with E-state index in [4.69, 9.17) is 0 Å². The van der Waals surface area contributed by atoms with E-state index < -0.39 is 0 Å². The monoisotopic (exact) mass is 351 g/mol. The second-order valence-corrected chi connectivity index (χ2v) is 6.88. The molecular formula is C14H14BrN3OS. The number of aromatic nitrogens is 2. The van der Waals surface area contributed by atoms with Crippen LogP contribution < -0.4 is 5.32 Å². The molecule has 1 saturated carbocycles. The van der Waals surface area contributed by atoms with Crippen molar-refractivity contribution in [2.75, 3.05) is 5.32 Å². The molecule has 0 saturated heterocycles. The predicted molar refractivity (Wildman–Crippen MR) is 83.0 cm³/mol. The number of halogens is 1. The first-order valence-electron chi connectivity index (χ1n) is 6.54. The maximum absolute atomic E-state index is 12.5. The number of benzene rings is 1. The second kappa shape index (κ2) is 5.26. The van der Waals surface area contributed by atoms with Crippen molar-refractivity contribution in [1.82, 2.24) is 10.2 Å². The summed E-state index contributed by atoms with van der Waals surface area (Å²) in [6, 6.07) is 7.96. The molecule has 2 aromatic rings. The lowest BCUT2D eigenvalue weighted by Gasteiger charge is -2.14. The summed E-state index contributed by atoms with van der Waals surface area (Å²) in [5, 5.41) is 12.5. The van der Waals surface area contributed by atoms with Gasteiger partial charge in [-0.1, -0.05) is 46.3 Å². The van der Waals surface area contributed by atoms with Gasteiger partial charge in [0.05, 0.1) is 5.41 Å². The molecule has 0 bridgehead atoms. The molecule has 1 aliphatic rings. The molecule has 1 aliphatic carbocycles. The molecule has 4 nitrogen and oxygen atoms in total. The zero-order valence-corrected chi connectivity index (χ0v) is 13.4. The molecule has 0 aliphatic heterocycles. The van der Waals surface area contributed by atoms with Crippen molar-refractivity contribution in [2.24, 2.45) is 0 Å². The topological polar surface area (TPSA) is 54.9 Å². The molecule has 1 aromatic heterocycles. The maximum atomic E-state index is 12.5. The quantitative estimate of drug-likeness (QED) is 0.916. The highest BCUT2D eigenvalue weighted by Crippen LogP contribution is 2.49. The zero-order valence-electron chi connectivity index (χ0n) is 11.0. The van der Waals surface area contributed by atoms with Crippen LogP contribution in [0.25, 0.3) is 0 Å². The standard InChI is InChI=1S/C14H14BrN3OS/c1-2-11-17-18-13(20-11)16-12(19)14(6-7-14)9-4-3-5-10(15)8-9/h3-5,8H,2,6-7H2,1H3,(H,16,18,19). The number of hydrogen-bond acceptors (Lipinski definition) is 4. The van der Waals surface area contributed by atoms with Gasteiger partial charge in [-0.05, 0) is 37.0 Å². The van der Waals surface area contributed by atoms with Gasteiger partial charge in [0, 0.05) is 4.47 Å². The fourth-order valence-electron chi connectivity index (χ4n) is 2.22. The van der Waals surface area contributed by atoms with Crippen LogP contribution in [-0.2, 0) is 16.6 Å². The number of nitrogens with one attached hydrogen (secondary N) is 1. The van der Waals surface area contributed by atoms with Crippen LogP contribution in [-0.4, -0.2) is 16.1 Å². The Hall–Kier alpha value is -1.27. The first kappa shape index (κ1) is 13.7. The smallest absolute Gasteiger partial charge is 0.236 e. The predicted octanol–water partition coefficient (Wildman–Crippen LogP) is 3.53. The Bertz CT molecular complexity index is 651. The van der Waals surface area contributed by atoms with E-state index in [9.17, 15) is 4.79 Å². The van der Waals surface area contributed by atoms with Gasteiger partial charge in [-0.3, -0.25) is 10.1 Å². The molecule has 3 rings (SSSR count). The van der Waals surface area contributed by atoms with Crippen LogP contribution in [0.3, 0.4) is 0 Å². The van der Waals surface area contributed by atoms with Crippen LogP contribution in [0.15, 0.2) is 28.7 Å². The van der Waals surface area contributed by atoms with Crippen molar-refractivity contribution in [2.45, 2.75) is 31.6 Å². The largest absolute Gasteiger partial charge is 0.300 e. The van der Waals surface area contributed by atoms with Gasteiger partial charge in [-0.2, -0.15) is 0 Å². The summed E-state index contributed by atoms with van der Waals surface area (Å²) < 4.78 is 0.998. The summed E-state index contributed by atoms with van der Waals surface area (Å²) in [7, 11) is 0. The number of aryl methyl sites for hydroxylation is 1. The van der Waals surface area contributed by atoms with E-state index in [0.717, 1.165) is 34.3 Å². The Balaban J connectivity index is 1.79. The Morgan fingerprint density at radius 2 is 2.25 bits per heavy atom. The highest BCUT2D eigenvalue weighted by molar-refractivity contribution is 9.10. The molecule has 1 heterocycles. The lowest BCUT2D eigenvalue weighted by molar-refractivity contribution is -0.118. The normalized spacial score (nSPS) is 15.9. The van der Waals surface area contributed by atoms with Gasteiger partial charge in [0.2, 0.25) is 11.0 Å². The van der Waals surface area contributed by atoms with E-state index in [2.05, 4.69) is 31.4 Å². The van der Waals surface area contributed by atoms with Crippen molar-refractivity contribution in [3.63, 3.8) is 0 Å². The number of nitrogens with zero attached hydrogens (tertiary/aromatic N) is 2. The fourth-order valence-corrected chi connectivity index (χ4v) is 3.30. The molecule has 0 atom stereocenters. The number of rotatable bonds is 4. The zero-order chi connectivity index (χ0) is 14.2. The van der Waals surface area contributed by atoms with E-state index in [1.165, 1.54) is 11.3 Å². The van der Waals surface area contributed by atoms with Crippen molar-refractivity contribution < 1.29 is 4.79 Å². The molecule has 0 radical (unpaired) electrons. The average Bonchev–Trinajstić information content (AvgIpc) is 3.14. The van der Waals surface area contributed by atoms with Crippen LogP contribution in [0.5, 0.6) is 0 Å². The van der Waals surface area contributed by atoms with Gasteiger partial charge in [-0.25, -0.2) is 0 Å². The highest BCUT2D eigenvalue weighted by Gasteiger charge is 2.51. The van der Waals surface area contributed by atoms with E-state index in [1.54, 1.807) is 0 Å². The van der Waals surface area contributed by atoms with E-state index in [0.29, 0.717) is 5.13 Å². The van der Waals surface area contributed by atoms with Gasteiger partial charge in [-0.15, -0.1) is 10.2 Å². The molecule has 1 aromatic carbocycles. The first-order chi connectivity index (χ1) is 9.64. The van der Waals surface area contributed by atoms with Crippen LogP contribution in [0.1, 0.15) is 30.3 Å². The summed E-state index contributed by atoms with van der Waals surface area (Å²) in [5.41, 5.74) is 0.673. The van der Waals surface area contributed by atoms with Gasteiger partial charge >= 0.3 is 0 Å². The summed E-state index contributed by atoms with van der Waals surface area (Å²) in [6.45, 7) is 2.02. The minimum atomic E-state index is -0.387. The SMILES string of the molecule is CCc1nnc(NC(=O)C2(c3cccc(Br)c3)CC2)s1. The van der Waals surface area contributed by atoms with Crippen molar-refractivity contribution in [1.29, 1.82) is 0 Å². The van der Waals surface area contributed by atoms with Crippen LogP contribution in [0, 0.1) is 0 Å². The first-order valence-corrected chi connectivity index (χ1v) is 8.15. The van der Waals surface area contributed by atoms with E-state index in [1.807, 2.05) is 31.2 Å². The van der Waals surface area contributed by atoms with Crippen LogP contribution >= 0.6 is 27.3 Å². The molecule has 1 fully saturated rings. The maximum Gasteiger partial charge on any atom is 0.236 e.